The molecule has 0 saturated carbocycles. The zero-order valence-corrected chi connectivity index (χ0v) is 46.5. The molecule has 0 radical (unpaired) electrons. The first-order valence-electron chi connectivity index (χ1n) is 27.1. The Bertz CT molecular complexity index is 4270. The molecule has 4 aliphatic heterocycles. The van der Waals surface area contributed by atoms with Crippen molar-refractivity contribution in [1.29, 1.82) is 0 Å². The number of nitrogens with zero attached hydrogens (tertiary/aromatic N) is 8. The first-order valence-corrected chi connectivity index (χ1v) is 32.6. The van der Waals surface area contributed by atoms with E-state index in [-0.39, 0.29) is 0 Å². The van der Waals surface area contributed by atoms with E-state index in [2.05, 4.69) is 263 Å². The van der Waals surface area contributed by atoms with Crippen molar-refractivity contribution in [3.05, 3.63) is 312 Å². The summed E-state index contributed by atoms with van der Waals surface area (Å²) in [6.07, 6.45) is 0. The molecule has 13 heteroatoms. The number of aliphatic imine (C=N–C) groups is 4. The molecular formula is C68H46N8O2Si3. The fourth-order valence-corrected chi connectivity index (χ4v) is 28.4. The van der Waals surface area contributed by atoms with Gasteiger partial charge in [0, 0.05) is 43.8 Å². The molecule has 6 heterocycles. The molecule has 382 valence electrons. The minimum absolute atomic E-state index is 0.513. The molecule has 0 spiro atoms. The van der Waals surface area contributed by atoms with Crippen LogP contribution in [0.1, 0.15) is 22.3 Å². The van der Waals surface area contributed by atoms with Gasteiger partial charge in [-0.3, -0.25) is 8.47 Å². The topological polar surface area (TPSA) is 102 Å². The quantitative estimate of drug-likeness (QED) is 0.101. The molecule has 12 aromatic rings. The third kappa shape index (κ3) is 7.10. The van der Waals surface area contributed by atoms with Crippen LogP contribution >= 0.6 is 0 Å². The highest BCUT2D eigenvalue weighted by molar-refractivity contribution is 7.13. The van der Waals surface area contributed by atoms with E-state index >= 15 is 0 Å². The largest absolute Gasteiger partial charge is 0.583 e. The van der Waals surface area contributed by atoms with Crippen LogP contribution in [0, 0.1) is 0 Å². The van der Waals surface area contributed by atoms with Crippen molar-refractivity contribution >= 4 is 113 Å². The van der Waals surface area contributed by atoms with E-state index in [0.29, 0.717) is 46.0 Å². The second-order valence-corrected chi connectivity index (χ2v) is 30.2. The van der Waals surface area contributed by atoms with Crippen molar-refractivity contribution in [1.82, 2.24) is 8.47 Å². The molecule has 0 N–H and O–H groups in total. The molecule has 6 bridgehead atoms. The maximum Gasteiger partial charge on any atom is 0.583 e. The summed E-state index contributed by atoms with van der Waals surface area (Å²) in [6.45, 7) is 0. The predicted molar refractivity (Wildman–Crippen MR) is 331 cm³/mol. The molecule has 81 heavy (non-hydrogen) atoms. The first-order chi connectivity index (χ1) is 40.1. The Morgan fingerprint density at radius 2 is 0.494 bits per heavy atom. The number of rotatable bonds is 10. The SMILES string of the molecule is c1ccc([Si](O[Si]2(O[Si](c3ccccc3)(c3ccccc3)c3ccccc3)n3c4c5ccccc5c3N=C3N=C(N=c5c6ccccc6c(n52)=NC2=NC(=N4)c4ccccc42)c2ccccc23)(c2ccccc2)c2ccccc2)cc1. The van der Waals surface area contributed by atoms with Crippen LogP contribution < -0.4 is 42.1 Å². The summed E-state index contributed by atoms with van der Waals surface area (Å²) in [5.41, 5.74) is 4.55. The summed E-state index contributed by atoms with van der Waals surface area (Å²) in [5, 5.41) is 9.37. The molecular weight excluding hydrogens is 1050 g/mol. The smallest absolute Gasteiger partial charge is 0.391 e. The van der Waals surface area contributed by atoms with Crippen LogP contribution in [0.4, 0.5) is 11.6 Å². The van der Waals surface area contributed by atoms with E-state index in [0.717, 1.165) is 74.9 Å². The van der Waals surface area contributed by atoms with Gasteiger partial charge < -0.3 is 8.23 Å². The Hall–Kier alpha value is -9.87. The van der Waals surface area contributed by atoms with Gasteiger partial charge in [-0.1, -0.05) is 279 Å². The van der Waals surface area contributed by atoms with Crippen LogP contribution in [0.3, 0.4) is 0 Å². The van der Waals surface area contributed by atoms with Crippen LogP contribution in [-0.2, 0) is 8.23 Å². The third-order valence-corrected chi connectivity index (χ3v) is 29.4. The Kier molecular flexibility index (Phi) is 10.8. The molecule has 0 amide bonds. The first kappa shape index (κ1) is 47.2. The van der Waals surface area contributed by atoms with Crippen LogP contribution in [0.15, 0.2) is 309 Å². The van der Waals surface area contributed by atoms with Crippen molar-refractivity contribution in [2.45, 2.75) is 0 Å². The lowest BCUT2D eigenvalue weighted by atomic mass is 10.1. The van der Waals surface area contributed by atoms with Gasteiger partial charge in [-0.15, -0.1) is 0 Å². The maximum absolute atomic E-state index is 9.46. The highest BCUT2D eigenvalue weighted by Crippen LogP contribution is 2.45. The van der Waals surface area contributed by atoms with Gasteiger partial charge in [-0.2, -0.15) is 0 Å². The van der Waals surface area contributed by atoms with Crippen LogP contribution in [0.2, 0.25) is 0 Å². The average molecular weight is 1090 g/mol. The van der Waals surface area contributed by atoms with Gasteiger partial charge >= 0.3 is 8.88 Å². The van der Waals surface area contributed by atoms with E-state index in [1.165, 1.54) is 0 Å². The van der Waals surface area contributed by atoms with Crippen molar-refractivity contribution in [3.63, 3.8) is 0 Å². The van der Waals surface area contributed by atoms with Gasteiger partial charge in [0.25, 0.3) is 16.6 Å². The van der Waals surface area contributed by atoms with Crippen molar-refractivity contribution < 1.29 is 8.23 Å². The fourth-order valence-electron chi connectivity index (χ4n) is 12.4. The fraction of sp³-hybridized carbons (Fsp3) is 0. The predicted octanol–water partition coefficient (Wildman–Crippen LogP) is 8.74. The van der Waals surface area contributed by atoms with Gasteiger partial charge in [-0.05, 0) is 31.1 Å². The Morgan fingerprint density at radius 3 is 0.790 bits per heavy atom. The molecule has 10 aromatic carbocycles. The monoisotopic (exact) mass is 1090 g/mol. The van der Waals surface area contributed by atoms with E-state index in [1.54, 1.807) is 0 Å². The van der Waals surface area contributed by atoms with E-state index in [4.69, 9.17) is 30.0 Å². The molecule has 16 rings (SSSR count). The molecule has 2 aromatic heterocycles. The second kappa shape index (κ2) is 18.6. The summed E-state index contributed by atoms with van der Waals surface area (Å²) in [7, 11) is -13.2. The highest BCUT2D eigenvalue weighted by Gasteiger charge is 2.64. The van der Waals surface area contributed by atoms with Gasteiger partial charge in [0.2, 0.25) is 0 Å². The molecule has 0 aliphatic carbocycles. The summed E-state index contributed by atoms with van der Waals surface area (Å²) in [4.78, 5) is 34.5. The lowest BCUT2D eigenvalue weighted by Gasteiger charge is -2.47. The van der Waals surface area contributed by atoms with Crippen molar-refractivity contribution in [3.8, 4) is 0 Å². The minimum Gasteiger partial charge on any atom is -0.391 e. The zero-order valence-electron chi connectivity index (χ0n) is 43.5. The van der Waals surface area contributed by atoms with E-state index in [9.17, 15) is 8.23 Å². The van der Waals surface area contributed by atoms with Gasteiger partial charge in [0.1, 0.15) is 22.6 Å². The molecule has 0 unspecified atom stereocenters. The van der Waals surface area contributed by atoms with E-state index < -0.39 is 25.5 Å². The molecule has 4 aliphatic rings. The summed E-state index contributed by atoms with van der Waals surface area (Å²) in [6, 6.07) is 97.9. The van der Waals surface area contributed by atoms with Gasteiger partial charge in [-0.25, -0.2) is 30.0 Å². The van der Waals surface area contributed by atoms with Crippen LogP contribution in [0.25, 0.3) is 21.5 Å². The number of fused-ring (bicyclic) bond motifs is 14. The number of hydrogen-bond donors (Lipinski definition) is 0. The summed E-state index contributed by atoms with van der Waals surface area (Å²) < 4.78 is 23.4. The lowest BCUT2D eigenvalue weighted by molar-refractivity contribution is 0.353. The van der Waals surface area contributed by atoms with Crippen molar-refractivity contribution in [2.75, 3.05) is 0 Å². The Morgan fingerprint density at radius 1 is 0.247 bits per heavy atom. The third-order valence-electron chi connectivity index (χ3n) is 16.0. The lowest BCUT2D eigenvalue weighted by Crippen LogP contribution is -2.83. The number of aromatic nitrogens is 2. The van der Waals surface area contributed by atoms with E-state index in [1.807, 2.05) is 24.3 Å². The molecule has 10 nitrogen and oxygen atoms in total. The second-order valence-electron chi connectivity index (χ2n) is 20.4. The highest BCUT2D eigenvalue weighted by atomic mass is 28.5. The minimum atomic E-state index is -5.13. The van der Waals surface area contributed by atoms with Gasteiger partial charge in [0.05, 0.1) is 0 Å². The molecule has 0 fully saturated rings. The summed E-state index contributed by atoms with van der Waals surface area (Å²) >= 11 is 0. The maximum atomic E-state index is 9.46. The van der Waals surface area contributed by atoms with Crippen LogP contribution in [0.5, 0.6) is 0 Å². The summed E-state index contributed by atoms with van der Waals surface area (Å²) in [5.74, 6) is 3.18. The average Bonchev–Trinajstić information content (AvgIpc) is 4.21. The van der Waals surface area contributed by atoms with Gasteiger partial charge in [0.15, 0.2) is 23.3 Å². The zero-order chi connectivity index (χ0) is 53.5. The van der Waals surface area contributed by atoms with Crippen molar-refractivity contribution in [2.24, 2.45) is 30.0 Å². The molecule has 0 saturated heterocycles. The number of amidine groups is 4. The molecule has 0 atom stereocenters. The Labute approximate surface area is 469 Å². The normalized spacial score (nSPS) is 14.6. The Balaban J connectivity index is 1.23. The van der Waals surface area contributed by atoms with Crippen LogP contribution in [-0.4, -0.2) is 57.3 Å². The standard InChI is InChI=1S/C68H46N8O2Si3/c1-7-27-47(28-8-1)79(48-29-9-2-10-30-48,49-31-11-3-12-32-49)77-81(78-80(50-33-13-4-14-34-50,51-35-15-5-16-36-51)52-37-17-6-18-38-52)75-65-57-43-23-24-44-58(57)67(75)73-63-55-41-21-22-42-56(55)64(70-63)74-68-60-46-26-25-45-59(60)66(76(68)81)72-62-54-40-20-19-39-53(54)61(69-62)71-65/h1-46H. The number of benzene rings is 10. The number of hydrogen-bond acceptors (Lipinski definition) is 8.